The zero-order valence-corrected chi connectivity index (χ0v) is 13.7. The smallest absolute Gasteiger partial charge is 0.0963 e. The molecule has 2 unspecified atom stereocenters. The number of hydrogen-bond acceptors (Lipinski definition) is 3. The van der Waals surface area contributed by atoms with E-state index in [0.717, 1.165) is 8.66 Å². The standard InChI is InChI=1S/C13H12BrCl2NOS/c14-11-5-4-10(19-11)13(18)7(6-17)12-8(15)2-1-3-9(12)16/h1-5,7,13,18H,6,17H2. The monoisotopic (exact) mass is 379 g/mol. The van der Waals surface area contributed by atoms with Crippen LogP contribution in [0.1, 0.15) is 22.5 Å². The minimum Gasteiger partial charge on any atom is -0.387 e. The number of hydrogen-bond donors (Lipinski definition) is 2. The maximum absolute atomic E-state index is 10.5. The molecule has 0 amide bonds. The lowest BCUT2D eigenvalue weighted by Gasteiger charge is -2.23. The molecule has 0 aliphatic carbocycles. The lowest BCUT2D eigenvalue weighted by molar-refractivity contribution is 0.151. The molecule has 3 N–H and O–H groups in total. The van der Waals surface area contributed by atoms with Gasteiger partial charge in [0.1, 0.15) is 0 Å². The van der Waals surface area contributed by atoms with E-state index in [9.17, 15) is 5.11 Å². The van der Waals surface area contributed by atoms with Gasteiger partial charge in [0.25, 0.3) is 0 Å². The third kappa shape index (κ3) is 3.32. The first-order chi connectivity index (χ1) is 9.04. The zero-order valence-electron chi connectivity index (χ0n) is 9.82. The molecule has 1 aromatic heterocycles. The third-order valence-corrected chi connectivity index (χ3v) is 5.24. The molecule has 0 fully saturated rings. The van der Waals surface area contributed by atoms with E-state index in [1.807, 2.05) is 12.1 Å². The molecule has 0 bridgehead atoms. The molecule has 0 radical (unpaired) electrons. The summed E-state index contributed by atoms with van der Waals surface area (Å²) in [5.74, 6) is -0.327. The van der Waals surface area contributed by atoms with Crippen molar-refractivity contribution in [1.29, 1.82) is 0 Å². The van der Waals surface area contributed by atoms with Crippen LogP contribution in [0.15, 0.2) is 34.1 Å². The van der Waals surface area contributed by atoms with Gasteiger partial charge in [0, 0.05) is 27.4 Å². The Labute approximate surface area is 134 Å². The van der Waals surface area contributed by atoms with Gasteiger partial charge >= 0.3 is 0 Å². The Hall–Kier alpha value is -0.100. The Balaban J connectivity index is 2.39. The van der Waals surface area contributed by atoms with Crippen LogP contribution in [0.5, 0.6) is 0 Å². The van der Waals surface area contributed by atoms with E-state index in [1.165, 1.54) is 11.3 Å². The van der Waals surface area contributed by atoms with Gasteiger partial charge < -0.3 is 10.8 Å². The summed E-state index contributed by atoms with van der Waals surface area (Å²) in [5, 5.41) is 11.5. The van der Waals surface area contributed by atoms with Crippen LogP contribution in [0, 0.1) is 0 Å². The number of halogens is 3. The van der Waals surface area contributed by atoms with E-state index in [-0.39, 0.29) is 12.5 Å². The molecule has 2 nitrogen and oxygen atoms in total. The molecule has 2 rings (SSSR count). The van der Waals surface area contributed by atoms with Crippen molar-refractivity contribution in [3.05, 3.63) is 54.6 Å². The Kier molecular flexibility index (Phi) is 5.29. The number of rotatable bonds is 4. The summed E-state index contributed by atoms with van der Waals surface area (Å²) in [6, 6.07) is 9.04. The topological polar surface area (TPSA) is 46.2 Å². The summed E-state index contributed by atoms with van der Waals surface area (Å²) in [6.07, 6.45) is -0.723. The summed E-state index contributed by atoms with van der Waals surface area (Å²) < 4.78 is 0.961. The van der Waals surface area contributed by atoms with Crippen LogP contribution < -0.4 is 5.73 Å². The van der Waals surface area contributed by atoms with Crippen molar-refractivity contribution in [2.75, 3.05) is 6.54 Å². The zero-order chi connectivity index (χ0) is 14.0. The molecular formula is C13H12BrCl2NOS. The largest absolute Gasteiger partial charge is 0.387 e. The van der Waals surface area contributed by atoms with E-state index >= 15 is 0 Å². The van der Waals surface area contributed by atoms with Crippen molar-refractivity contribution in [2.45, 2.75) is 12.0 Å². The maximum Gasteiger partial charge on any atom is 0.0963 e. The predicted octanol–water partition coefficient (Wildman–Crippen LogP) is 4.59. The fraction of sp³-hybridized carbons (Fsp3) is 0.231. The Morgan fingerprint density at radius 2 is 1.84 bits per heavy atom. The minimum absolute atomic E-state index is 0.264. The lowest BCUT2D eigenvalue weighted by atomic mass is 9.92. The van der Waals surface area contributed by atoms with Gasteiger partial charge in [-0.3, -0.25) is 0 Å². The summed E-state index contributed by atoms with van der Waals surface area (Å²) >= 11 is 17.2. The molecule has 19 heavy (non-hydrogen) atoms. The third-order valence-electron chi connectivity index (χ3n) is 2.89. The number of thiophene rings is 1. The molecule has 6 heteroatoms. The normalized spacial score (nSPS) is 14.4. The van der Waals surface area contributed by atoms with Crippen molar-refractivity contribution in [2.24, 2.45) is 5.73 Å². The molecule has 2 atom stereocenters. The lowest BCUT2D eigenvalue weighted by Crippen LogP contribution is -2.20. The van der Waals surface area contributed by atoms with Gasteiger partial charge in [0.05, 0.1) is 9.89 Å². The number of aliphatic hydroxyl groups is 1. The highest BCUT2D eigenvalue weighted by molar-refractivity contribution is 9.11. The Bertz CT molecular complexity index is 555. The highest BCUT2D eigenvalue weighted by Crippen LogP contribution is 2.40. The van der Waals surface area contributed by atoms with Crippen LogP contribution >= 0.6 is 50.5 Å². The van der Waals surface area contributed by atoms with Crippen LogP contribution in [0.3, 0.4) is 0 Å². The Morgan fingerprint density at radius 1 is 1.21 bits per heavy atom. The fourth-order valence-corrected chi connectivity index (χ4v) is 4.11. The van der Waals surface area contributed by atoms with Gasteiger partial charge in [-0.05, 0) is 45.8 Å². The van der Waals surface area contributed by atoms with Crippen LogP contribution in [0.25, 0.3) is 0 Å². The van der Waals surface area contributed by atoms with Gasteiger partial charge in [0.2, 0.25) is 0 Å². The number of benzene rings is 1. The maximum atomic E-state index is 10.5. The van der Waals surface area contributed by atoms with Gasteiger partial charge in [0.15, 0.2) is 0 Å². The molecule has 0 aliphatic rings. The summed E-state index contributed by atoms with van der Waals surface area (Å²) in [7, 11) is 0. The summed E-state index contributed by atoms with van der Waals surface area (Å²) in [6.45, 7) is 0.264. The molecule has 102 valence electrons. The predicted molar refractivity (Wildman–Crippen MR) is 85.2 cm³/mol. The average Bonchev–Trinajstić information content (AvgIpc) is 2.80. The highest BCUT2D eigenvalue weighted by atomic mass is 79.9. The van der Waals surface area contributed by atoms with E-state index in [0.29, 0.717) is 15.6 Å². The van der Waals surface area contributed by atoms with Crippen LogP contribution in [-0.4, -0.2) is 11.7 Å². The minimum atomic E-state index is -0.723. The molecule has 0 aliphatic heterocycles. The second-order valence-electron chi connectivity index (χ2n) is 4.06. The second kappa shape index (κ2) is 6.57. The van der Waals surface area contributed by atoms with Crippen molar-refractivity contribution in [3.8, 4) is 0 Å². The van der Waals surface area contributed by atoms with Gasteiger partial charge in [-0.25, -0.2) is 0 Å². The molecule has 2 aromatic rings. The van der Waals surface area contributed by atoms with E-state index in [4.69, 9.17) is 28.9 Å². The van der Waals surface area contributed by atoms with Crippen molar-refractivity contribution >= 4 is 50.5 Å². The second-order valence-corrected chi connectivity index (χ2v) is 7.37. The highest BCUT2D eigenvalue weighted by Gasteiger charge is 2.26. The number of nitrogens with two attached hydrogens (primary N) is 1. The molecule has 0 saturated carbocycles. The number of aliphatic hydroxyl groups excluding tert-OH is 1. The Morgan fingerprint density at radius 3 is 2.32 bits per heavy atom. The molecule has 1 aromatic carbocycles. The summed E-state index contributed by atoms with van der Waals surface area (Å²) in [5.41, 5.74) is 6.50. The molecular weight excluding hydrogens is 369 g/mol. The first kappa shape index (κ1) is 15.3. The fourth-order valence-electron chi connectivity index (χ4n) is 1.96. The van der Waals surface area contributed by atoms with E-state index < -0.39 is 6.10 Å². The van der Waals surface area contributed by atoms with E-state index in [1.54, 1.807) is 18.2 Å². The average molecular weight is 381 g/mol. The van der Waals surface area contributed by atoms with Crippen molar-refractivity contribution in [1.82, 2.24) is 0 Å². The quantitative estimate of drug-likeness (QED) is 0.814. The van der Waals surface area contributed by atoms with Crippen LogP contribution in [0.2, 0.25) is 10.0 Å². The van der Waals surface area contributed by atoms with Crippen LogP contribution in [-0.2, 0) is 0 Å². The SMILES string of the molecule is NCC(c1c(Cl)cccc1Cl)C(O)c1ccc(Br)s1. The molecule has 1 heterocycles. The molecule has 0 spiro atoms. The van der Waals surface area contributed by atoms with Crippen LogP contribution in [0.4, 0.5) is 0 Å². The van der Waals surface area contributed by atoms with Gasteiger partial charge in [-0.2, -0.15) is 0 Å². The van der Waals surface area contributed by atoms with Gasteiger partial charge in [-0.15, -0.1) is 11.3 Å². The van der Waals surface area contributed by atoms with Crippen molar-refractivity contribution in [3.63, 3.8) is 0 Å². The van der Waals surface area contributed by atoms with Crippen molar-refractivity contribution < 1.29 is 5.11 Å². The van der Waals surface area contributed by atoms with E-state index in [2.05, 4.69) is 15.9 Å². The first-order valence-corrected chi connectivity index (χ1v) is 7.98. The summed E-state index contributed by atoms with van der Waals surface area (Å²) in [4.78, 5) is 0.832. The first-order valence-electron chi connectivity index (χ1n) is 5.62. The molecule has 0 saturated heterocycles. The van der Waals surface area contributed by atoms with Gasteiger partial charge in [-0.1, -0.05) is 29.3 Å².